The lowest BCUT2D eigenvalue weighted by molar-refractivity contribution is -0.135. The summed E-state index contributed by atoms with van der Waals surface area (Å²) in [6, 6.07) is 0. The molecular formula is C24H21F9O5. The van der Waals surface area contributed by atoms with Gasteiger partial charge in [0.05, 0.1) is 0 Å². The SMILES string of the molecule is O=C(CCCCCCCCCCC(=O)Oc1c(F)c(F)c(F)c(F)c1F)Oc1c(F)c(O)c(F)c(F)c1F. The molecule has 2 rings (SSSR count). The zero-order valence-electron chi connectivity index (χ0n) is 19.6. The maximum Gasteiger partial charge on any atom is 0.311 e. The lowest BCUT2D eigenvalue weighted by Crippen LogP contribution is -2.13. The Morgan fingerprint density at radius 1 is 0.447 bits per heavy atom. The van der Waals surface area contributed by atoms with Crippen molar-refractivity contribution >= 4 is 11.9 Å². The van der Waals surface area contributed by atoms with Crippen molar-refractivity contribution in [2.45, 2.75) is 64.2 Å². The number of carbonyl (C=O) groups excluding carboxylic acids is 2. The molecule has 0 aliphatic rings. The molecule has 2 aromatic carbocycles. The standard InChI is InChI=1S/C24H21F9O5/c25-13-14(26)18(30)23(19(31)15(13)27)37-11(34)9-7-5-3-1-2-4-6-8-10-12(35)38-24-20(32)16(28)17(29)22(36)21(24)33/h36H,1-10H2. The Labute approximate surface area is 210 Å². The van der Waals surface area contributed by atoms with Gasteiger partial charge in [0.2, 0.25) is 63.9 Å². The average molecular weight is 560 g/mol. The van der Waals surface area contributed by atoms with E-state index in [4.69, 9.17) is 5.11 Å². The molecule has 14 heteroatoms. The summed E-state index contributed by atoms with van der Waals surface area (Å²) in [5, 5.41) is 9.05. The minimum absolute atomic E-state index is 0.229. The van der Waals surface area contributed by atoms with E-state index in [-0.39, 0.29) is 25.7 Å². The summed E-state index contributed by atoms with van der Waals surface area (Å²) in [6.07, 6.45) is 3.55. The Morgan fingerprint density at radius 2 is 0.737 bits per heavy atom. The number of benzene rings is 2. The predicted octanol–water partition coefficient (Wildman–Crippen LogP) is 7.06. The number of ether oxygens (including phenoxy) is 2. The van der Waals surface area contributed by atoms with Gasteiger partial charge in [0.25, 0.3) is 0 Å². The molecule has 0 unspecified atom stereocenters. The minimum atomic E-state index is -2.37. The molecule has 0 fully saturated rings. The number of aromatic hydroxyl groups is 1. The van der Waals surface area contributed by atoms with Crippen LogP contribution in [0.5, 0.6) is 17.2 Å². The molecule has 0 spiro atoms. The van der Waals surface area contributed by atoms with E-state index in [0.717, 1.165) is 0 Å². The van der Waals surface area contributed by atoms with Crippen LogP contribution >= 0.6 is 0 Å². The van der Waals surface area contributed by atoms with E-state index in [0.29, 0.717) is 38.5 Å². The molecule has 0 aliphatic carbocycles. The zero-order valence-corrected chi connectivity index (χ0v) is 19.6. The second kappa shape index (κ2) is 13.9. The van der Waals surface area contributed by atoms with Gasteiger partial charge >= 0.3 is 11.9 Å². The maximum absolute atomic E-state index is 13.6. The van der Waals surface area contributed by atoms with Gasteiger partial charge in [-0.2, -0.15) is 22.0 Å². The molecule has 1 N–H and O–H groups in total. The molecule has 0 aliphatic heterocycles. The summed E-state index contributed by atoms with van der Waals surface area (Å²) in [6.45, 7) is 0. The number of carbonyl (C=O) groups is 2. The summed E-state index contributed by atoms with van der Waals surface area (Å²) < 4.78 is 128. The van der Waals surface area contributed by atoms with E-state index in [1.807, 2.05) is 0 Å². The highest BCUT2D eigenvalue weighted by Gasteiger charge is 2.29. The van der Waals surface area contributed by atoms with Crippen LogP contribution in [0.4, 0.5) is 39.5 Å². The Bertz CT molecular complexity index is 1040. The van der Waals surface area contributed by atoms with Crippen molar-refractivity contribution in [3.05, 3.63) is 52.4 Å². The highest BCUT2D eigenvalue weighted by Crippen LogP contribution is 2.34. The van der Waals surface area contributed by atoms with Gasteiger partial charge in [0.1, 0.15) is 0 Å². The van der Waals surface area contributed by atoms with Gasteiger partial charge < -0.3 is 14.6 Å². The second-order valence-electron chi connectivity index (χ2n) is 8.11. The van der Waals surface area contributed by atoms with Crippen LogP contribution in [0.25, 0.3) is 0 Å². The third kappa shape index (κ3) is 7.54. The average Bonchev–Trinajstić information content (AvgIpc) is 2.90. The summed E-state index contributed by atoms with van der Waals surface area (Å²) >= 11 is 0. The van der Waals surface area contributed by atoms with Crippen LogP contribution < -0.4 is 9.47 Å². The van der Waals surface area contributed by atoms with Crippen molar-refractivity contribution in [1.82, 2.24) is 0 Å². The van der Waals surface area contributed by atoms with Gasteiger partial charge in [-0.3, -0.25) is 9.59 Å². The van der Waals surface area contributed by atoms with Gasteiger partial charge in [0.15, 0.2) is 5.75 Å². The molecule has 0 saturated carbocycles. The summed E-state index contributed by atoms with van der Waals surface area (Å²) in [5.41, 5.74) is 0. The molecule has 5 nitrogen and oxygen atoms in total. The lowest BCUT2D eigenvalue weighted by Gasteiger charge is -2.09. The zero-order chi connectivity index (χ0) is 28.6. The smallest absolute Gasteiger partial charge is 0.311 e. The van der Waals surface area contributed by atoms with Gasteiger partial charge in [-0.15, -0.1) is 0 Å². The number of hydrogen-bond acceptors (Lipinski definition) is 5. The monoisotopic (exact) mass is 560 g/mol. The molecular weight excluding hydrogens is 539 g/mol. The maximum atomic E-state index is 13.6. The van der Waals surface area contributed by atoms with E-state index < -0.39 is 81.5 Å². The topological polar surface area (TPSA) is 72.8 Å². The Balaban J connectivity index is 1.59. The minimum Gasteiger partial charge on any atom is -0.503 e. The second-order valence-corrected chi connectivity index (χ2v) is 8.11. The molecule has 0 bridgehead atoms. The molecule has 0 radical (unpaired) electrons. The summed E-state index contributed by atoms with van der Waals surface area (Å²) in [4.78, 5) is 23.4. The summed E-state index contributed by atoms with van der Waals surface area (Å²) in [7, 11) is 0. The Kier molecular flexibility index (Phi) is 11.3. The van der Waals surface area contributed by atoms with Gasteiger partial charge in [0, 0.05) is 12.8 Å². The van der Waals surface area contributed by atoms with Crippen LogP contribution in [-0.4, -0.2) is 17.0 Å². The summed E-state index contributed by atoms with van der Waals surface area (Å²) in [5.74, 6) is -27.0. The first-order valence-corrected chi connectivity index (χ1v) is 11.4. The predicted molar refractivity (Wildman–Crippen MR) is 112 cm³/mol. The molecule has 0 aromatic heterocycles. The molecule has 0 amide bonds. The molecule has 2 aromatic rings. The van der Waals surface area contributed by atoms with Crippen LogP contribution in [0, 0.1) is 52.4 Å². The van der Waals surface area contributed by atoms with Crippen molar-refractivity contribution in [1.29, 1.82) is 0 Å². The Morgan fingerprint density at radius 3 is 1.13 bits per heavy atom. The van der Waals surface area contributed by atoms with E-state index in [9.17, 15) is 49.1 Å². The number of rotatable bonds is 13. The lowest BCUT2D eigenvalue weighted by atomic mass is 10.1. The number of phenols is 1. The number of unbranched alkanes of at least 4 members (excludes halogenated alkanes) is 7. The fourth-order valence-electron chi connectivity index (χ4n) is 3.29. The molecule has 0 saturated heterocycles. The third-order valence-electron chi connectivity index (χ3n) is 5.31. The van der Waals surface area contributed by atoms with Crippen molar-refractivity contribution in [3.63, 3.8) is 0 Å². The van der Waals surface area contributed by atoms with Crippen LogP contribution in [0.1, 0.15) is 64.2 Å². The first-order valence-electron chi connectivity index (χ1n) is 11.4. The number of halogens is 9. The van der Waals surface area contributed by atoms with Crippen LogP contribution in [0.3, 0.4) is 0 Å². The van der Waals surface area contributed by atoms with Crippen molar-refractivity contribution in [3.8, 4) is 17.2 Å². The van der Waals surface area contributed by atoms with Gasteiger partial charge in [-0.05, 0) is 12.8 Å². The largest absolute Gasteiger partial charge is 0.503 e. The number of esters is 2. The number of phenolic OH excluding ortho intramolecular Hbond substituents is 1. The van der Waals surface area contributed by atoms with E-state index in [2.05, 4.69) is 9.47 Å². The van der Waals surface area contributed by atoms with Crippen molar-refractivity contribution in [2.75, 3.05) is 0 Å². The fraction of sp³-hybridized carbons (Fsp3) is 0.417. The Hall–Kier alpha value is -3.45. The van der Waals surface area contributed by atoms with Crippen LogP contribution in [0.2, 0.25) is 0 Å². The van der Waals surface area contributed by atoms with Crippen LogP contribution in [-0.2, 0) is 9.59 Å². The van der Waals surface area contributed by atoms with E-state index in [1.54, 1.807) is 0 Å². The quantitative estimate of drug-likeness (QED) is 0.0710. The normalized spacial score (nSPS) is 11.1. The van der Waals surface area contributed by atoms with Crippen LogP contribution in [0.15, 0.2) is 0 Å². The van der Waals surface area contributed by atoms with Crippen molar-refractivity contribution in [2.24, 2.45) is 0 Å². The molecule has 0 atom stereocenters. The fourth-order valence-corrected chi connectivity index (χ4v) is 3.29. The first-order chi connectivity index (χ1) is 17.9. The highest BCUT2D eigenvalue weighted by molar-refractivity contribution is 5.73. The first kappa shape index (κ1) is 30.8. The van der Waals surface area contributed by atoms with Crippen molar-refractivity contribution < 1.29 is 63.7 Å². The van der Waals surface area contributed by atoms with Gasteiger partial charge in [-0.1, -0.05) is 38.5 Å². The highest BCUT2D eigenvalue weighted by atomic mass is 19.2. The third-order valence-corrected chi connectivity index (χ3v) is 5.31. The van der Waals surface area contributed by atoms with E-state index in [1.165, 1.54) is 0 Å². The molecule has 0 heterocycles. The molecule has 38 heavy (non-hydrogen) atoms. The van der Waals surface area contributed by atoms with Gasteiger partial charge in [-0.25, -0.2) is 17.6 Å². The molecule has 210 valence electrons. The van der Waals surface area contributed by atoms with E-state index >= 15 is 0 Å². The number of hydrogen-bond donors (Lipinski definition) is 1.